The average molecular weight is 243 g/mol. The van der Waals surface area contributed by atoms with E-state index in [1.165, 1.54) is 6.42 Å². The second kappa shape index (κ2) is 5.54. The second-order valence-corrected chi connectivity index (χ2v) is 4.75. The van der Waals surface area contributed by atoms with Gasteiger partial charge in [0.05, 0.1) is 11.6 Å². The number of hydrogen-bond donors (Lipinski definition) is 1. The molecular formula is C14H17N3O. The summed E-state index contributed by atoms with van der Waals surface area (Å²) in [5, 5.41) is 11.8. The topological polar surface area (TPSA) is 56.1 Å². The first-order valence-electron chi connectivity index (χ1n) is 6.19. The van der Waals surface area contributed by atoms with E-state index in [2.05, 4.69) is 11.4 Å². The van der Waals surface area contributed by atoms with E-state index >= 15 is 0 Å². The predicted octanol–water partition coefficient (Wildman–Crippen LogP) is 2.25. The van der Waals surface area contributed by atoms with E-state index in [1.807, 2.05) is 18.2 Å². The number of amides is 2. The van der Waals surface area contributed by atoms with Gasteiger partial charge < -0.3 is 10.2 Å². The van der Waals surface area contributed by atoms with Crippen molar-refractivity contribution in [2.45, 2.75) is 31.8 Å². The number of nitriles is 1. The van der Waals surface area contributed by atoms with Crippen molar-refractivity contribution in [3.05, 3.63) is 35.4 Å². The lowest BCUT2D eigenvalue weighted by Gasteiger charge is -2.29. The highest BCUT2D eigenvalue weighted by molar-refractivity contribution is 5.74. The minimum atomic E-state index is -0.0398. The first-order valence-corrected chi connectivity index (χ1v) is 6.19. The molecule has 1 aliphatic carbocycles. The SMILES string of the molecule is CN(Cc1cccc(C#N)c1)C(=O)NC1CCC1. The number of nitrogens with one attached hydrogen (secondary N) is 1. The lowest BCUT2D eigenvalue weighted by molar-refractivity contribution is 0.195. The molecule has 4 nitrogen and oxygen atoms in total. The van der Waals surface area contributed by atoms with E-state index in [0.717, 1.165) is 18.4 Å². The summed E-state index contributed by atoms with van der Waals surface area (Å²) in [5.41, 5.74) is 1.60. The molecule has 18 heavy (non-hydrogen) atoms. The van der Waals surface area contributed by atoms with Gasteiger partial charge in [-0.2, -0.15) is 5.26 Å². The number of urea groups is 1. The fourth-order valence-electron chi connectivity index (χ4n) is 1.92. The van der Waals surface area contributed by atoms with Gasteiger partial charge in [0.1, 0.15) is 0 Å². The molecule has 1 aliphatic rings. The Bertz CT molecular complexity index is 474. The molecule has 0 bridgehead atoms. The Morgan fingerprint density at radius 1 is 1.56 bits per heavy atom. The second-order valence-electron chi connectivity index (χ2n) is 4.75. The highest BCUT2D eigenvalue weighted by Crippen LogP contribution is 2.18. The van der Waals surface area contributed by atoms with Crippen molar-refractivity contribution in [2.75, 3.05) is 7.05 Å². The van der Waals surface area contributed by atoms with E-state index in [0.29, 0.717) is 18.2 Å². The largest absolute Gasteiger partial charge is 0.335 e. The number of nitrogens with zero attached hydrogens (tertiary/aromatic N) is 2. The fraction of sp³-hybridized carbons (Fsp3) is 0.429. The smallest absolute Gasteiger partial charge is 0.317 e. The molecule has 0 saturated heterocycles. The van der Waals surface area contributed by atoms with E-state index in [1.54, 1.807) is 18.0 Å². The third kappa shape index (κ3) is 3.01. The summed E-state index contributed by atoms with van der Waals surface area (Å²) in [6, 6.07) is 9.75. The van der Waals surface area contributed by atoms with Gasteiger partial charge >= 0.3 is 6.03 Å². The summed E-state index contributed by atoms with van der Waals surface area (Å²) >= 11 is 0. The van der Waals surface area contributed by atoms with Gasteiger partial charge in [-0.15, -0.1) is 0 Å². The van der Waals surface area contributed by atoms with Crippen molar-refractivity contribution in [3.8, 4) is 6.07 Å². The van der Waals surface area contributed by atoms with Crippen molar-refractivity contribution in [1.29, 1.82) is 5.26 Å². The van der Waals surface area contributed by atoms with Crippen LogP contribution >= 0.6 is 0 Å². The van der Waals surface area contributed by atoms with E-state index < -0.39 is 0 Å². The maximum atomic E-state index is 11.9. The average Bonchev–Trinajstić information content (AvgIpc) is 2.33. The minimum Gasteiger partial charge on any atom is -0.335 e. The molecule has 0 radical (unpaired) electrons. The fourth-order valence-corrected chi connectivity index (χ4v) is 1.92. The Kier molecular flexibility index (Phi) is 3.83. The standard InChI is InChI=1S/C14H17N3O/c1-17(14(18)16-13-6-3-7-13)10-12-5-2-4-11(8-12)9-15/h2,4-5,8,13H,3,6-7,10H2,1H3,(H,16,18). The van der Waals surface area contributed by atoms with Crippen molar-refractivity contribution in [2.24, 2.45) is 0 Å². The summed E-state index contributed by atoms with van der Waals surface area (Å²) in [5.74, 6) is 0. The van der Waals surface area contributed by atoms with Gasteiger partial charge in [0.25, 0.3) is 0 Å². The molecule has 1 aromatic rings. The van der Waals surface area contributed by atoms with Crippen LogP contribution in [0.1, 0.15) is 30.4 Å². The molecule has 2 rings (SSSR count). The van der Waals surface area contributed by atoms with Crippen LogP contribution in [0, 0.1) is 11.3 Å². The first-order chi connectivity index (χ1) is 8.69. The number of carbonyl (C=O) groups excluding carboxylic acids is 1. The zero-order chi connectivity index (χ0) is 13.0. The molecule has 1 fully saturated rings. The number of rotatable bonds is 3. The lowest BCUT2D eigenvalue weighted by Crippen LogP contribution is -2.45. The molecule has 1 aromatic carbocycles. The third-order valence-corrected chi connectivity index (χ3v) is 3.26. The Morgan fingerprint density at radius 3 is 2.94 bits per heavy atom. The van der Waals surface area contributed by atoms with Crippen LogP contribution in [-0.2, 0) is 6.54 Å². The Morgan fingerprint density at radius 2 is 2.33 bits per heavy atom. The normalized spacial score (nSPS) is 14.4. The van der Waals surface area contributed by atoms with Crippen LogP contribution in [0.25, 0.3) is 0 Å². The Balaban J connectivity index is 1.91. The Labute approximate surface area is 107 Å². The van der Waals surface area contributed by atoms with Crippen molar-refractivity contribution in [1.82, 2.24) is 10.2 Å². The van der Waals surface area contributed by atoms with Gasteiger partial charge in [0.15, 0.2) is 0 Å². The van der Waals surface area contributed by atoms with E-state index in [4.69, 9.17) is 5.26 Å². The van der Waals surface area contributed by atoms with Crippen LogP contribution in [0.15, 0.2) is 24.3 Å². The monoisotopic (exact) mass is 243 g/mol. The van der Waals surface area contributed by atoms with Gasteiger partial charge in [0, 0.05) is 19.6 Å². The molecule has 2 amide bonds. The van der Waals surface area contributed by atoms with Gasteiger partial charge in [-0.1, -0.05) is 12.1 Å². The van der Waals surface area contributed by atoms with Crippen LogP contribution < -0.4 is 5.32 Å². The highest BCUT2D eigenvalue weighted by atomic mass is 16.2. The zero-order valence-corrected chi connectivity index (χ0v) is 10.5. The summed E-state index contributed by atoms with van der Waals surface area (Å²) in [4.78, 5) is 13.5. The maximum absolute atomic E-state index is 11.9. The summed E-state index contributed by atoms with van der Waals surface area (Å²) in [6.45, 7) is 0.522. The minimum absolute atomic E-state index is 0.0398. The van der Waals surface area contributed by atoms with Crippen LogP contribution in [-0.4, -0.2) is 24.0 Å². The molecular weight excluding hydrogens is 226 g/mol. The van der Waals surface area contributed by atoms with Crippen molar-refractivity contribution in [3.63, 3.8) is 0 Å². The maximum Gasteiger partial charge on any atom is 0.317 e. The summed E-state index contributed by atoms with van der Waals surface area (Å²) in [6.07, 6.45) is 3.38. The number of benzene rings is 1. The molecule has 0 heterocycles. The molecule has 1 saturated carbocycles. The Hall–Kier alpha value is -2.02. The van der Waals surface area contributed by atoms with Gasteiger partial charge in [0.2, 0.25) is 0 Å². The van der Waals surface area contributed by atoms with Gasteiger partial charge in [-0.05, 0) is 37.0 Å². The molecule has 0 unspecified atom stereocenters. The summed E-state index contributed by atoms with van der Waals surface area (Å²) in [7, 11) is 1.77. The molecule has 1 N–H and O–H groups in total. The van der Waals surface area contributed by atoms with Crippen LogP contribution in [0.2, 0.25) is 0 Å². The third-order valence-electron chi connectivity index (χ3n) is 3.26. The quantitative estimate of drug-likeness (QED) is 0.885. The highest BCUT2D eigenvalue weighted by Gasteiger charge is 2.21. The lowest BCUT2D eigenvalue weighted by atomic mass is 9.93. The summed E-state index contributed by atoms with van der Waals surface area (Å²) < 4.78 is 0. The first kappa shape index (κ1) is 12.4. The molecule has 0 aliphatic heterocycles. The molecule has 94 valence electrons. The van der Waals surface area contributed by atoms with Crippen LogP contribution in [0.5, 0.6) is 0 Å². The zero-order valence-electron chi connectivity index (χ0n) is 10.5. The van der Waals surface area contributed by atoms with Crippen molar-refractivity contribution < 1.29 is 4.79 Å². The van der Waals surface area contributed by atoms with E-state index in [-0.39, 0.29) is 6.03 Å². The van der Waals surface area contributed by atoms with Crippen LogP contribution in [0.4, 0.5) is 4.79 Å². The van der Waals surface area contributed by atoms with Crippen molar-refractivity contribution >= 4 is 6.03 Å². The molecule has 4 heteroatoms. The van der Waals surface area contributed by atoms with E-state index in [9.17, 15) is 4.79 Å². The molecule has 0 spiro atoms. The van der Waals surface area contributed by atoms with Crippen LogP contribution in [0.3, 0.4) is 0 Å². The number of hydrogen-bond acceptors (Lipinski definition) is 2. The van der Waals surface area contributed by atoms with Gasteiger partial charge in [-0.3, -0.25) is 0 Å². The van der Waals surface area contributed by atoms with Gasteiger partial charge in [-0.25, -0.2) is 4.79 Å². The number of carbonyl (C=O) groups is 1. The molecule has 0 aromatic heterocycles. The predicted molar refractivity (Wildman–Crippen MR) is 68.8 cm³/mol. The molecule has 0 atom stereocenters.